The Balaban J connectivity index is 2.77. The first-order valence-electron chi connectivity index (χ1n) is 7.29. The Bertz CT molecular complexity index is 321. The minimum atomic E-state index is -0.968. The normalized spacial score (nSPS) is 11.4. The largest absolute Gasteiger partial charge is 0.0884 e. The van der Waals surface area contributed by atoms with Gasteiger partial charge in [0.25, 0.3) is 0 Å². The Labute approximate surface area is 114 Å². The van der Waals surface area contributed by atoms with Gasteiger partial charge in [0, 0.05) is 7.26 Å². The van der Waals surface area contributed by atoms with Crippen molar-refractivity contribution >= 4 is 7.26 Å². The van der Waals surface area contributed by atoms with E-state index >= 15 is 0 Å². The quantitative estimate of drug-likeness (QED) is 0.483. The molecule has 1 aromatic rings. The third-order valence-corrected chi connectivity index (χ3v) is 7.82. The molecule has 1 aromatic carbocycles. The molecule has 0 N–H and O–H groups in total. The van der Waals surface area contributed by atoms with Crippen molar-refractivity contribution in [1.82, 2.24) is 0 Å². The Hall–Kier alpha value is -0.610. The highest BCUT2D eigenvalue weighted by atomic mass is 31.2. The molecule has 0 bridgehead atoms. The first-order valence-corrected chi connectivity index (χ1v) is 9.71. The van der Waals surface area contributed by atoms with Crippen LogP contribution in [0.5, 0.6) is 0 Å². The highest BCUT2D eigenvalue weighted by Crippen LogP contribution is 2.63. The predicted molar refractivity (Wildman–Crippen MR) is 86.8 cm³/mol. The number of unbranched alkanes of at least 4 members (excludes halogenated alkanes) is 2. The molecule has 0 aliphatic heterocycles. The van der Waals surface area contributed by atoms with Crippen LogP contribution in [-0.4, -0.2) is 12.3 Å². The van der Waals surface area contributed by atoms with Crippen LogP contribution in [-0.2, 0) is 6.16 Å². The lowest BCUT2D eigenvalue weighted by atomic mass is 10.2. The molecule has 0 saturated carbocycles. The van der Waals surface area contributed by atoms with Gasteiger partial charge in [-0.15, -0.1) is 0 Å². The molecule has 1 rings (SSSR count). The maximum Gasteiger partial charge on any atom is 0.0884 e. The van der Waals surface area contributed by atoms with E-state index in [2.05, 4.69) is 56.6 Å². The van der Waals surface area contributed by atoms with Gasteiger partial charge in [-0.2, -0.15) is 0 Å². The van der Waals surface area contributed by atoms with Crippen molar-refractivity contribution < 1.29 is 0 Å². The van der Waals surface area contributed by atoms with E-state index in [1.54, 1.807) is 0 Å². The molecular weight excluding hydrogens is 235 g/mol. The zero-order chi connectivity index (χ0) is 13.3. The van der Waals surface area contributed by atoms with E-state index in [0.717, 1.165) is 0 Å². The van der Waals surface area contributed by atoms with Crippen molar-refractivity contribution in [2.75, 3.05) is 12.3 Å². The number of rotatable bonds is 9. The minimum Gasteiger partial charge on any atom is -0.0652 e. The molecule has 0 nitrogen and oxygen atoms in total. The van der Waals surface area contributed by atoms with Gasteiger partial charge < -0.3 is 0 Å². The average molecular weight is 263 g/mol. The van der Waals surface area contributed by atoms with Gasteiger partial charge in [0.1, 0.15) is 0 Å². The van der Waals surface area contributed by atoms with E-state index < -0.39 is 7.26 Å². The molecule has 0 aromatic heterocycles. The average Bonchev–Trinajstić information content (AvgIpc) is 2.43. The SMILES string of the molecule is C=C[P+](CCCC)(CCCC)Cc1ccccc1. The molecule has 0 amide bonds. The summed E-state index contributed by atoms with van der Waals surface area (Å²) in [5.41, 5.74) is 1.50. The minimum absolute atomic E-state index is 0.968. The van der Waals surface area contributed by atoms with Gasteiger partial charge in [0.05, 0.1) is 24.3 Å². The van der Waals surface area contributed by atoms with Gasteiger partial charge in [0.2, 0.25) is 0 Å². The lowest BCUT2D eigenvalue weighted by Gasteiger charge is -2.23. The second kappa shape index (κ2) is 8.48. The lowest BCUT2D eigenvalue weighted by Crippen LogP contribution is -2.05. The zero-order valence-corrected chi connectivity index (χ0v) is 13.0. The monoisotopic (exact) mass is 263 g/mol. The van der Waals surface area contributed by atoms with E-state index in [-0.39, 0.29) is 0 Å². The second-order valence-electron chi connectivity index (χ2n) is 5.20. The van der Waals surface area contributed by atoms with Crippen LogP contribution in [0.4, 0.5) is 0 Å². The van der Waals surface area contributed by atoms with Crippen molar-refractivity contribution in [2.45, 2.75) is 45.7 Å². The lowest BCUT2D eigenvalue weighted by molar-refractivity contribution is 0.860. The highest BCUT2D eigenvalue weighted by Gasteiger charge is 2.32. The van der Waals surface area contributed by atoms with Crippen molar-refractivity contribution in [2.24, 2.45) is 0 Å². The molecule has 1 heteroatoms. The molecule has 0 spiro atoms. The molecule has 0 radical (unpaired) electrons. The molecule has 0 aliphatic rings. The van der Waals surface area contributed by atoms with Crippen LogP contribution < -0.4 is 0 Å². The second-order valence-corrected chi connectivity index (χ2v) is 9.21. The fraction of sp³-hybridized carbons (Fsp3) is 0.529. The van der Waals surface area contributed by atoms with Gasteiger partial charge in [0.15, 0.2) is 0 Å². The Morgan fingerprint density at radius 2 is 1.56 bits per heavy atom. The Morgan fingerprint density at radius 1 is 1.00 bits per heavy atom. The highest BCUT2D eigenvalue weighted by molar-refractivity contribution is 7.78. The first-order chi connectivity index (χ1) is 8.76. The predicted octanol–water partition coefficient (Wildman–Crippen LogP) is 5.95. The number of benzene rings is 1. The van der Waals surface area contributed by atoms with Crippen LogP contribution in [0.1, 0.15) is 45.1 Å². The first kappa shape index (κ1) is 15.4. The zero-order valence-electron chi connectivity index (χ0n) is 12.1. The fourth-order valence-electron chi connectivity index (χ4n) is 2.41. The van der Waals surface area contributed by atoms with Crippen LogP contribution in [0.2, 0.25) is 0 Å². The molecule has 0 saturated heterocycles. The van der Waals surface area contributed by atoms with Crippen LogP contribution in [0.3, 0.4) is 0 Å². The molecular formula is C17H28P+. The molecule has 0 atom stereocenters. The Morgan fingerprint density at radius 3 is 2.00 bits per heavy atom. The summed E-state index contributed by atoms with van der Waals surface area (Å²) in [6, 6.07) is 11.0. The standard InChI is InChI=1S/C17H28P/c1-4-7-14-18(6-3,15-8-5-2)16-17-12-10-9-11-13-17/h6,9-13H,3-5,7-8,14-16H2,1-2H3/q+1. The summed E-state index contributed by atoms with van der Waals surface area (Å²) in [6.45, 7) is 8.77. The third-order valence-electron chi connectivity index (χ3n) is 3.64. The van der Waals surface area contributed by atoms with Gasteiger partial charge in [-0.1, -0.05) is 63.6 Å². The molecule has 0 unspecified atom stereocenters. The van der Waals surface area contributed by atoms with Crippen molar-refractivity contribution in [3.05, 3.63) is 48.3 Å². The fourth-order valence-corrected chi connectivity index (χ4v) is 6.27. The van der Waals surface area contributed by atoms with Gasteiger partial charge in [-0.25, -0.2) is 0 Å². The molecule has 0 heterocycles. The van der Waals surface area contributed by atoms with Crippen molar-refractivity contribution in [1.29, 1.82) is 0 Å². The van der Waals surface area contributed by atoms with Gasteiger partial charge >= 0.3 is 0 Å². The maximum atomic E-state index is 4.18. The van der Waals surface area contributed by atoms with Crippen LogP contribution in [0, 0.1) is 0 Å². The molecule has 0 fully saturated rings. The number of hydrogen-bond donors (Lipinski definition) is 0. The van der Waals surface area contributed by atoms with E-state index in [1.807, 2.05) is 0 Å². The van der Waals surface area contributed by atoms with Crippen molar-refractivity contribution in [3.8, 4) is 0 Å². The number of hydrogen-bond acceptors (Lipinski definition) is 0. The summed E-state index contributed by atoms with van der Waals surface area (Å²) >= 11 is 0. The summed E-state index contributed by atoms with van der Waals surface area (Å²) in [6.07, 6.45) is 9.36. The van der Waals surface area contributed by atoms with Crippen LogP contribution in [0.15, 0.2) is 42.7 Å². The van der Waals surface area contributed by atoms with E-state index in [4.69, 9.17) is 0 Å². The third kappa shape index (κ3) is 4.94. The van der Waals surface area contributed by atoms with Gasteiger partial charge in [-0.3, -0.25) is 0 Å². The molecule has 18 heavy (non-hydrogen) atoms. The van der Waals surface area contributed by atoms with Crippen LogP contribution in [0.25, 0.3) is 0 Å². The maximum absolute atomic E-state index is 4.18. The summed E-state index contributed by atoms with van der Waals surface area (Å²) < 4.78 is 0. The smallest absolute Gasteiger partial charge is 0.0652 e. The summed E-state index contributed by atoms with van der Waals surface area (Å²) in [7, 11) is -0.968. The van der Waals surface area contributed by atoms with Crippen LogP contribution >= 0.6 is 7.26 Å². The molecule has 100 valence electrons. The van der Waals surface area contributed by atoms with E-state index in [1.165, 1.54) is 49.7 Å². The van der Waals surface area contributed by atoms with Gasteiger partial charge in [-0.05, 0) is 18.4 Å². The summed E-state index contributed by atoms with van der Waals surface area (Å²) in [4.78, 5) is 0. The molecule has 0 aliphatic carbocycles. The summed E-state index contributed by atoms with van der Waals surface area (Å²) in [5, 5.41) is 0. The summed E-state index contributed by atoms with van der Waals surface area (Å²) in [5.74, 6) is 2.34. The van der Waals surface area contributed by atoms with Crippen molar-refractivity contribution in [3.63, 3.8) is 0 Å². The topological polar surface area (TPSA) is 0 Å². The Kier molecular flexibility index (Phi) is 7.28. The van der Waals surface area contributed by atoms with E-state index in [0.29, 0.717) is 0 Å². The van der Waals surface area contributed by atoms with E-state index in [9.17, 15) is 0 Å².